The fraction of sp³-hybridized carbons (Fsp3) is 0.174. The Hall–Kier alpha value is -3.35. The summed E-state index contributed by atoms with van der Waals surface area (Å²) in [4.78, 5) is 14.2. The summed E-state index contributed by atoms with van der Waals surface area (Å²) in [5.74, 6) is -1.10. The lowest BCUT2D eigenvalue weighted by Crippen LogP contribution is -2.32. The second-order valence-corrected chi connectivity index (χ2v) is 6.78. The molecule has 3 rings (SSSR count). The molecule has 0 saturated heterocycles. The van der Waals surface area contributed by atoms with Gasteiger partial charge in [-0.3, -0.25) is 4.79 Å². The third kappa shape index (κ3) is 4.97. The van der Waals surface area contributed by atoms with Gasteiger partial charge in [-0.05, 0) is 42.0 Å². The molecule has 0 atom stereocenters. The molecular formula is C23H20F4N2O. The van der Waals surface area contributed by atoms with Gasteiger partial charge in [0.15, 0.2) is 0 Å². The Morgan fingerprint density at radius 3 is 2.53 bits per heavy atom. The minimum Gasteiger partial charge on any atom is -0.345 e. The lowest BCUT2D eigenvalue weighted by atomic mass is 10.1. The molecular weight excluding hydrogens is 396 g/mol. The van der Waals surface area contributed by atoms with Crippen LogP contribution in [0.2, 0.25) is 0 Å². The van der Waals surface area contributed by atoms with Crippen LogP contribution in [0.1, 0.15) is 27.2 Å². The molecule has 0 radical (unpaired) electrons. The molecule has 0 fully saturated rings. The predicted molar refractivity (Wildman–Crippen MR) is 106 cm³/mol. The zero-order valence-corrected chi connectivity index (χ0v) is 16.1. The van der Waals surface area contributed by atoms with Crippen molar-refractivity contribution in [1.82, 2.24) is 9.47 Å². The first kappa shape index (κ1) is 21.4. The molecule has 1 heterocycles. The van der Waals surface area contributed by atoms with Gasteiger partial charge in [0.05, 0.1) is 17.7 Å². The van der Waals surface area contributed by atoms with Crippen LogP contribution in [-0.2, 0) is 19.3 Å². The highest BCUT2D eigenvalue weighted by molar-refractivity contribution is 5.94. The van der Waals surface area contributed by atoms with Crippen molar-refractivity contribution in [3.8, 4) is 0 Å². The van der Waals surface area contributed by atoms with E-state index in [0.29, 0.717) is 11.3 Å². The van der Waals surface area contributed by atoms with Crippen LogP contribution in [0.5, 0.6) is 0 Å². The second-order valence-electron chi connectivity index (χ2n) is 6.78. The molecule has 0 unspecified atom stereocenters. The molecule has 3 aromatic rings. The second kappa shape index (κ2) is 8.98. The summed E-state index contributed by atoms with van der Waals surface area (Å²) in [5, 5.41) is 0. The molecule has 156 valence electrons. The molecule has 3 nitrogen and oxygen atoms in total. The van der Waals surface area contributed by atoms with Gasteiger partial charge >= 0.3 is 6.18 Å². The number of rotatable bonds is 7. The van der Waals surface area contributed by atoms with Crippen molar-refractivity contribution in [2.75, 3.05) is 6.54 Å². The van der Waals surface area contributed by atoms with Crippen molar-refractivity contribution >= 4 is 5.91 Å². The summed E-state index contributed by atoms with van der Waals surface area (Å²) in [6.07, 6.45) is -1.14. The Morgan fingerprint density at radius 1 is 1.07 bits per heavy atom. The van der Waals surface area contributed by atoms with Crippen LogP contribution in [0.25, 0.3) is 0 Å². The zero-order chi connectivity index (χ0) is 21.7. The number of benzene rings is 2. The van der Waals surface area contributed by atoms with Crippen molar-refractivity contribution in [3.05, 3.63) is 108 Å². The van der Waals surface area contributed by atoms with E-state index in [2.05, 4.69) is 6.58 Å². The van der Waals surface area contributed by atoms with Crippen LogP contribution in [-0.4, -0.2) is 21.9 Å². The molecule has 0 aliphatic heterocycles. The maximum Gasteiger partial charge on any atom is 0.416 e. The summed E-state index contributed by atoms with van der Waals surface area (Å²) >= 11 is 0. The van der Waals surface area contributed by atoms with Gasteiger partial charge < -0.3 is 9.47 Å². The maximum atomic E-state index is 14.0. The Morgan fingerprint density at radius 2 is 1.83 bits per heavy atom. The van der Waals surface area contributed by atoms with E-state index in [-0.39, 0.29) is 25.2 Å². The van der Waals surface area contributed by atoms with Gasteiger partial charge in [-0.1, -0.05) is 30.3 Å². The van der Waals surface area contributed by atoms with E-state index in [1.54, 1.807) is 41.1 Å². The average Bonchev–Trinajstić information content (AvgIpc) is 3.13. The van der Waals surface area contributed by atoms with Crippen molar-refractivity contribution in [3.63, 3.8) is 0 Å². The van der Waals surface area contributed by atoms with Gasteiger partial charge in [-0.25, -0.2) is 4.39 Å². The molecule has 0 aliphatic rings. The van der Waals surface area contributed by atoms with Gasteiger partial charge in [0.1, 0.15) is 5.82 Å². The van der Waals surface area contributed by atoms with Gasteiger partial charge in [0.25, 0.3) is 5.91 Å². The number of alkyl halides is 3. The fourth-order valence-corrected chi connectivity index (χ4v) is 3.17. The Kier molecular flexibility index (Phi) is 6.40. The first-order valence-electron chi connectivity index (χ1n) is 9.24. The zero-order valence-electron chi connectivity index (χ0n) is 16.1. The van der Waals surface area contributed by atoms with E-state index in [9.17, 15) is 22.4 Å². The maximum absolute atomic E-state index is 14.0. The number of aromatic nitrogens is 1. The normalized spacial score (nSPS) is 11.3. The number of carbonyl (C=O) groups is 1. The van der Waals surface area contributed by atoms with E-state index in [1.807, 2.05) is 0 Å². The summed E-state index contributed by atoms with van der Waals surface area (Å²) in [7, 11) is 0. The summed E-state index contributed by atoms with van der Waals surface area (Å²) in [6.45, 7) is 4.21. The Bertz CT molecular complexity index is 1040. The Balaban J connectivity index is 1.82. The van der Waals surface area contributed by atoms with Crippen LogP contribution in [0.15, 0.2) is 79.5 Å². The molecule has 0 saturated carbocycles. The van der Waals surface area contributed by atoms with Crippen molar-refractivity contribution in [1.29, 1.82) is 0 Å². The summed E-state index contributed by atoms with van der Waals surface area (Å²) < 4.78 is 54.7. The van der Waals surface area contributed by atoms with E-state index in [1.165, 1.54) is 29.2 Å². The lowest BCUT2D eigenvalue weighted by Gasteiger charge is -2.22. The molecule has 0 bridgehead atoms. The number of carbonyl (C=O) groups excluding carboxylic acids is 1. The molecule has 1 aromatic heterocycles. The van der Waals surface area contributed by atoms with E-state index in [4.69, 9.17) is 0 Å². The van der Waals surface area contributed by atoms with Gasteiger partial charge in [0.2, 0.25) is 0 Å². The highest BCUT2D eigenvalue weighted by atomic mass is 19.4. The predicted octanol–water partition coefficient (Wildman–Crippen LogP) is 5.52. The van der Waals surface area contributed by atoms with E-state index >= 15 is 0 Å². The topological polar surface area (TPSA) is 25.2 Å². The minimum atomic E-state index is -4.41. The SMILES string of the molecule is C=CCN(Cc1cccn1Cc1cccc(C(F)(F)F)c1)C(=O)c1ccccc1F. The van der Waals surface area contributed by atoms with Gasteiger partial charge in [-0.15, -0.1) is 6.58 Å². The largest absolute Gasteiger partial charge is 0.416 e. The van der Waals surface area contributed by atoms with Crippen LogP contribution in [0.3, 0.4) is 0 Å². The van der Waals surface area contributed by atoms with Crippen molar-refractivity contribution in [2.45, 2.75) is 19.3 Å². The third-order valence-electron chi connectivity index (χ3n) is 4.62. The smallest absolute Gasteiger partial charge is 0.345 e. The number of hydrogen-bond acceptors (Lipinski definition) is 1. The van der Waals surface area contributed by atoms with Crippen LogP contribution in [0.4, 0.5) is 17.6 Å². The number of halogens is 4. The lowest BCUT2D eigenvalue weighted by molar-refractivity contribution is -0.137. The third-order valence-corrected chi connectivity index (χ3v) is 4.62. The quantitative estimate of drug-likeness (QED) is 0.368. The molecule has 0 aliphatic carbocycles. The first-order chi connectivity index (χ1) is 14.3. The molecule has 30 heavy (non-hydrogen) atoms. The minimum absolute atomic E-state index is 0.0460. The first-order valence-corrected chi connectivity index (χ1v) is 9.24. The highest BCUT2D eigenvalue weighted by Gasteiger charge is 2.30. The van der Waals surface area contributed by atoms with Gasteiger partial charge in [0, 0.05) is 25.0 Å². The van der Waals surface area contributed by atoms with Gasteiger partial charge in [-0.2, -0.15) is 13.2 Å². The fourth-order valence-electron chi connectivity index (χ4n) is 3.17. The monoisotopic (exact) mass is 416 g/mol. The molecule has 2 aromatic carbocycles. The van der Waals surface area contributed by atoms with Crippen LogP contribution in [0, 0.1) is 5.82 Å². The van der Waals surface area contributed by atoms with Crippen LogP contribution < -0.4 is 0 Å². The van der Waals surface area contributed by atoms with E-state index in [0.717, 1.165) is 12.1 Å². The standard InChI is InChI=1S/C23H20F4N2O/c1-2-12-29(22(30)20-10-3-4-11-21(20)24)16-19-9-6-13-28(19)15-17-7-5-8-18(14-17)23(25,26)27/h2-11,13-14H,1,12,15-16H2. The summed E-state index contributed by atoms with van der Waals surface area (Å²) in [5.41, 5.74) is 0.434. The average molecular weight is 416 g/mol. The van der Waals surface area contributed by atoms with Crippen LogP contribution >= 0.6 is 0 Å². The molecule has 1 amide bonds. The van der Waals surface area contributed by atoms with E-state index < -0.39 is 23.5 Å². The van der Waals surface area contributed by atoms with Crippen molar-refractivity contribution < 1.29 is 22.4 Å². The molecule has 0 spiro atoms. The number of amides is 1. The highest BCUT2D eigenvalue weighted by Crippen LogP contribution is 2.29. The molecule has 7 heteroatoms. The Labute approximate surface area is 171 Å². The summed E-state index contributed by atoms with van der Waals surface area (Å²) in [6, 6.07) is 14.4. The number of nitrogens with zero attached hydrogens (tertiary/aromatic N) is 2. The van der Waals surface area contributed by atoms with Crippen molar-refractivity contribution in [2.24, 2.45) is 0 Å². The number of hydrogen-bond donors (Lipinski definition) is 0. The molecule has 0 N–H and O–H groups in total.